The van der Waals surface area contributed by atoms with E-state index in [1.165, 1.54) is 0 Å². The third-order valence-corrected chi connectivity index (χ3v) is 3.63. The van der Waals surface area contributed by atoms with E-state index in [1.54, 1.807) is 0 Å². The van der Waals surface area contributed by atoms with Crippen LogP contribution in [0.15, 0.2) is 84.9 Å². The van der Waals surface area contributed by atoms with Gasteiger partial charge in [0.15, 0.2) is 0 Å². The molecule has 0 atom stereocenters. The van der Waals surface area contributed by atoms with Crippen molar-refractivity contribution in [3.8, 4) is 0 Å². The Hall–Kier alpha value is -2.78. The number of aliphatic hydroxyl groups excluding tert-OH is 1. The lowest BCUT2D eigenvalue weighted by Crippen LogP contribution is -2.20. The van der Waals surface area contributed by atoms with E-state index < -0.39 is 0 Å². The van der Waals surface area contributed by atoms with E-state index in [9.17, 15) is 5.11 Å². The Labute approximate surface area is 136 Å². The zero-order valence-corrected chi connectivity index (χ0v) is 12.9. The lowest BCUT2D eigenvalue weighted by molar-refractivity contribution is 0.305. The summed E-state index contributed by atoms with van der Waals surface area (Å²) < 4.78 is 0. The summed E-state index contributed by atoms with van der Waals surface area (Å²) in [5.41, 5.74) is 4.24. The van der Waals surface area contributed by atoms with Crippen LogP contribution in [0.3, 0.4) is 0 Å². The molecule has 0 spiro atoms. The molecule has 0 heterocycles. The molecule has 116 valence electrons. The summed E-state index contributed by atoms with van der Waals surface area (Å²) in [6, 6.07) is 28.4. The molecule has 3 rings (SSSR count). The van der Waals surface area contributed by atoms with Gasteiger partial charge in [-0.3, -0.25) is 0 Å². The number of nitrogens with one attached hydrogen (secondary N) is 1. The van der Waals surface area contributed by atoms with Gasteiger partial charge in [-0.1, -0.05) is 36.4 Å². The number of aliphatic hydroxyl groups is 1. The molecule has 2 N–H and O–H groups in total. The number of para-hydroxylation sites is 2. The second kappa shape index (κ2) is 7.47. The van der Waals surface area contributed by atoms with Crippen LogP contribution >= 0.6 is 0 Å². The van der Waals surface area contributed by atoms with Crippen LogP contribution in [0.4, 0.5) is 22.7 Å². The first-order valence-electron chi connectivity index (χ1n) is 7.72. The molecule has 3 aromatic rings. The van der Waals surface area contributed by atoms with Crippen LogP contribution in [-0.2, 0) is 0 Å². The van der Waals surface area contributed by atoms with Crippen LogP contribution in [0.5, 0.6) is 0 Å². The van der Waals surface area contributed by atoms with Gasteiger partial charge >= 0.3 is 0 Å². The fraction of sp³-hybridized carbons (Fsp3) is 0.100. The van der Waals surface area contributed by atoms with Gasteiger partial charge in [0.1, 0.15) is 0 Å². The highest BCUT2D eigenvalue weighted by Crippen LogP contribution is 2.27. The fourth-order valence-corrected chi connectivity index (χ4v) is 2.53. The smallest absolute Gasteiger partial charge is 0.0610 e. The summed E-state index contributed by atoms with van der Waals surface area (Å²) in [5.74, 6) is 0. The zero-order chi connectivity index (χ0) is 15.9. The molecular formula is C20H20N2O. The number of benzene rings is 3. The molecule has 0 bridgehead atoms. The van der Waals surface area contributed by atoms with Gasteiger partial charge in [-0.25, -0.2) is 0 Å². The van der Waals surface area contributed by atoms with Gasteiger partial charge in [0, 0.05) is 29.3 Å². The van der Waals surface area contributed by atoms with Crippen molar-refractivity contribution in [1.82, 2.24) is 0 Å². The van der Waals surface area contributed by atoms with Crippen molar-refractivity contribution in [3.63, 3.8) is 0 Å². The lowest BCUT2D eigenvalue weighted by atomic mass is 10.2. The third kappa shape index (κ3) is 3.90. The molecule has 3 nitrogen and oxygen atoms in total. The Bertz CT molecular complexity index is 712. The number of hydrogen-bond donors (Lipinski definition) is 2. The lowest BCUT2D eigenvalue weighted by Gasteiger charge is -2.24. The fourth-order valence-electron chi connectivity index (χ4n) is 2.53. The van der Waals surface area contributed by atoms with Crippen molar-refractivity contribution in [3.05, 3.63) is 84.9 Å². The molecule has 0 radical (unpaired) electrons. The van der Waals surface area contributed by atoms with E-state index in [-0.39, 0.29) is 6.61 Å². The normalized spacial score (nSPS) is 10.3. The third-order valence-electron chi connectivity index (χ3n) is 3.63. The molecule has 0 unspecified atom stereocenters. The molecule has 0 saturated heterocycles. The molecule has 0 aliphatic rings. The Morgan fingerprint density at radius 3 is 1.78 bits per heavy atom. The van der Waals surface area contributed by atoms with Gasteiger partial charge in [-0.05, 0) is 48.5 Å². The van der Waals surface area contributed by atoms with Crippen LogP contribution in [0.1, 0.15) is 0 Å². The largest absolute Gasteiger partial charge is 0.395 e. The van der Waals surface area contributed by atoms with E-state index in [0.29, 0.717) is 6.54 Å². The molecule has 0 aliphatic carbocycles. The molecule has 0 aliphatic heterocycles. The van der Waals surface area contributed by atoms with E-state index in [0.717, 1.165) is 22.7 Å². The van der Waals surface area contributed by atoms with Crippen LogP contribution in [0.25, 0.3) is 0 Å². The van der Waals surface area contributed by atoms with Crippen LogP contribution in [-0.4, -0.2) is 18.3 Å². The van der Waals surface area contributed by atoms with Gasteiger partial charge in [0.25, 0.3) is 0 Å². The summed E-state index contributed by atoms with van der Waals surface area (Å²) >= 11 is 0. The predicted molar refractivity (Wildman–Crippen MR) is 96.7 cm³/mol. The van der Waals surface area contributed by atoms with Crippen molar-refractivity contribution in [1.29, 1.82) is 0 Å². The van der Waals surface area contributed by atoms with Gasteiger partial charge < -0.3 is 15.3 Å². The Morgan fingerprint density at radius 2 is 1.17 bits per heavy atom. The second-order valence-electron chi connectivity index (χ2n) is 5.25. The topological polar surface area (TPSA) is 35.5 Å². The number of nitrogens with zero attached hydrogens (tertiary/aromatic N) is 1. The first-order chi connectivity index (χ1) is 11.4. The number of anilines is 4. The maximum absolute atomic E-state index is 9.35. The van der Waals surface area contributed by atoms with Crippen LogP contribution < -0.4 is 10.2 Å². The summed E-state index contributed by atoms with van der Waals surface area (Å²) in [7, 11) is 0. The Morgan fingerprint density at radius 1 is 0.652 bits per heavy atom. The first kappa shape index (κ1) is 15.1. The maximum atomic E-state index is 9.35. The quantitative estimate of drug-likeness (QED) is 0.700. The Balaban J connectivity index is 1.79. The molecule has 3 aromatic carbocycles. The van der Waals surface area contributed by atoms with Crippen molar-refractivity contribution < 1.29 is 5.11 Å². The van der Waals surface area contributed by atoms with E-state index in [1.807, 2.05) is 60.7 Å². The van der Waals surface area contributed by atoms with E-state index in [2.05, 4.69) is 34.5 Å². The average Bonchev–Trinajstić information content (AvgIpc) is 2.62. The standard InChI is InChI=1S/C20H20N2O/c23-16-15-22(19-9-5-2-6-10-19)20-13-11-18(12-14-20)21-17-7-3-1-4-8-17/h1-14,21,23H,15-16H2. The highest BCUT2D eigenvalue weighted by molar-refractivity contribution is 5.67. The Kier molecular flexibility index (Phi) is 4.92. The summed E-state index contributed by atoms with van der Waals surface area (Å²) in [5, 5.41) is 12.7. The minimum Gasteiger partial charge on any atom is -0.395 e. The van der Waals surface area contributed by atoms with Gasteiger partial charge in [0.05, 0.1) is 6.61 Å². The first-order valence-corrected chi connectivity index (χ1v) is 7.72. The van der Waals surface area contributed by atoms with Gasteiger partial charge in [0.2, 0.25) is 0 Å². The molecule has 0 amide bonds. The molecule has 0 aromatic heterocycles. The molecular weight excluding hydrogens is 284 g/mol. The van der Waals surface area contributed by atoms with Crippen molar-refractivity contribution in [2.75, 3.05) is 23.4 Å². The van der Waals surface area contributed by atoms with E-state index >= 15 is 0 Å². The molecule has 23 heavy (non-hydrogen) atoms. The monoisotopic (exact) mass is 304 g/mol. The second-order valence-corrected chi connectivity index (χ2v) is 5.25. The molecule has 3 heteroatoms. The number of rotatable bonds is 6. The van der Waals surface area contributed by atoms with Crippen LogP contribution in [0.2, 0.25) is 0 Å². The highest BCUT2D eigenvalue weighted by atomic mass is 16.3. The maximum Gasteiger partial charge on any atom is 0.0610 e. The molecule has 0 fully saturated rings. The van der Waals surface area contributed by atoms with Crippen molar-refractivity contribution in [2.45, 2.75) is 0 Å². The SMILES string of the molecule is OCCN(c1ccccc1)c1ccc(Nc2ccccc2)cc1. The predicted octanol–water partition coefficient (Wildman–Crippen LogP) is 4.56. The highest BCUT2D eigenvalue weighted by Gasteiger charge is 2.08. The van der Waals surface area contributed by atoms with Gasteiger partial charge in [-0.2, -0.15) is 0 Å². The summed E-state index contributed by atoms with van der Waals surface area (Å²) in [4.78, 5) is 2.10. The minimum atomic E-state index is 0.110. The number of hydrogen-bond acceptors (Lipinski definition) is 3. The van der Waals surface area contributed by atoms with Crippen LogP contribution in [0, 0.1) is 0 Å². The summed E-state index contributed by atoms with van der Waals surface area (Å²) in [6.07, 6.45) is 0. The van der Waals surface area contributed by atoms with E-state index in [4.69, 9.17) is 0 Å². The van der Waals surface area contributed by atoms with Crippen molar-refractivity contribution in [2.24, 2.45) is 0 Å². The van der Waals surface area contributed by atoms with Gasteiger partial charge in [-0.15, -0.1) is 0 Å². The molecule has 0 saturated carbocycles. The minimum absolute atomic E-state index is 0.110. The average molecular weight is 304 g/mol. The summed E-state index contributed by atoms with van der Waals surface area (Å²) in [6.45, 7) is 0.675. The van der Waals surface area contributed by atoms with Crippen molar-refractivity contribution >= 4 is 22.7 Å². The zero-order valence-electron chi connectivity index (χ0n) is 12.9.